The highest BCUT2D eigenvalue weighted by molar-refractivity contribution is 7.89. The Morgan fingerprint density at radius 1 is 1.19 bits per heavy atom. The first-order chi connectivity index (χ1) is 12.5. The molecule has 7 nitrogen and oxygen atoms in total. The van der Waals surface area contributed by atoms with E-state index < -0.39 is 10.0 Å². The van der Waals surface area contributed by atoms with Crippen molar-refractivity contribution in [1.29, 1.82) is 0 Å². The molecule has 0 unspecified atom stereocenters. The van der Waals surface area contributed by atoms with E-state index in [2.05, 4.69) is 15.0 Å². The van der Waals surface area contributed by atoms with Gasteiger partial charge in [0.25, 0.3) is 0 Å². The van der Waals surface area contributed by atoms with Crippen LogP contribution in [0.15, 0.2) is 53.6 Å². The predicted octanol–water partition coefficient (Wildman–Crippen LogP) is 1.39. The Kier molecular flexibility index (Phi) is 4.01. The zero-order chi connectivity index (χ0) is 18.3. The molecule has 4 rings (SSSR count). The first-order valence-electron chi connectivity index (χ1n) is 8.25. The Hall–Kier alpha value is -2.71. The van der Waals surface area contributed by atoms with Gasteiger partial charge in [0.05, 0.1) is 22.8 Å². The number of nitrogens with one attached hydrogen (secondary N) is 2. The smallest absolute Gasteiger partial charge is 0.240 e. The lowest BCUT2D eigenvalue weighted by molar-refractivity contribution is -0.121. The molecule has 1 aromatic carbocycles. The van der Waals surface area contributed by atoms with Gasteiger partial charge in [-0.15, -0.1) is 0 Å². The van der Waals surface area contributed by atoms with Crippen LogP contribution in [-0.2, 0) is 21.4 Å². The highest BCUT2D eigenvalue weighted by Crippen LogP contribution is 2.33. The van der Waals surface area contributed by atoms with Crippen molar-refractivity contribution in [1.82, 2.24) is 19.4 Å². The number of amides is 1. The maximum absolute atomic E-state index is 12.2. The third-order valence-electron chi connectivity index (χ3n) is 4.68. The number of hydrogen-bond donors (Lipinski definition) is 2. The molecule has 1 aliphatic heterocycles. The van der Waals surface area contributed by atoms with E-state index in [0.717, 1.165) is 22.6 Å². The lowest BCUT2D eigenvalue weighted by atomic mass is 9.91. The number of carbonyl (C=O) groups is 1. The molecule has 26 heavy (non-hydrogen) atoms. The fraction of sp³-hybridized carbons (Fsp3) is 0.222. The van der Waals surface area contributed by atoms with Crippen LogP contribution in [0, 0.1) is 0 Å². The first kappa shape index (κ1) is 16.7. The standard InChI is InChI=1S/C18H18N4O3S/c1-19-26(24,25)13-7-5-12(6-8-13)14-10-17(23)20-11-15-18(14)22-9-3-2-4-16(22)21-15/h2-9,14,19H,10-11H2,1H3,(H,20,23)/t14-/m0/s1. The molecule has 0 saturated carbocycles. The summed E-state index contributed by atoms with van der Waals surface area (Å²) in [6, 6.07) is 12.4. The van der Waals surface area contributed by atoms with Gasteiger partial charge >= 0.3 is 0 Å². The van der Waals surface area contributed by atoms with E-state index in [0.29, 0.717) is 6.54 Å². The lowest BCUT2D eigenvalue weighted by Gasteiger charge is -2.16. The second-order valence-electron chi connectivity index (χ2n) is 6.18. The maximum Gasteiger partial charge on any atom is 0.240 e. The molecular formula is C18H18N4O3S. The van der Waals surface area contributed by atoms with Gasteiger partial charge in [0.2, 0.25) is 15.9 Å². The van der Waals surface area contributed by atoms with Crippen LogP contribution in [0.2, 0.25) is 0 Å². The number of nitrogens with zero attached hydrogens (tertiary/aromatic N) is 2. The van der Waals surface area contributed by atoms with Gasteiger partial charge in [0.1, 0.15) is 5.65 Å². The van der Waals surface area contributed by atoms with E-state index in [1.807, 2.05) is 28.8 Å². The van der Waals surface area contributed by atoms with Crippen LogP contribution in [0.5, 0.6) is 0 Å². The lowest BCUT2D eigenvalue weighted by Crippen LogP contribution is -2.21. The largest absolute Gasteiger partial charge is 0.350 e. The van der Waals surface area contributed by atoms with E-state index >= 15 is 0 Å². The number of pyridine rings is 1. The van der Waals surface area contributed by atoms with Crippen molar-refractivity contribution >= 4 is 21.6 Å². The minimum absolute atomic E-state index is 0.0513. The van der Waals surface area contributed by atoms with Gasteiger partial charge in [-0.1, -0.05) is 18.2 Å². The zero-order valence-electron chi connectivity index (χ0n) is 14.1. The molecule has 1 amide bonds. The first-order valence-corrected chi connectivity index (χ1v) is 9.74. The summed E-state index contributed by atoms with van der Waals surface area (Å²) in [4.78, 5) is 17.0. The van der Waals surface area contributed by atoms with Crippen molar-refractivity contribution in [3.63, 3.8) is 0 Å². The van der Waals surface area contributed by atoms with Crippen LogP contribution in [-0.4, -0.2) is 30.8 Å². The van der Waals surface area contributed by atoms with Crippen molar-refractivity contribution in [3.8, 4) is 0 Å². The topological polar surface area (TPSA) is 92.6 Å². The second kappa shape index (κ2) is 6.22. The van der Waals surface area contributed by atoms with Gasteiger partial charge in [-0.2, -0.15) is 0 Å². The molecule has 0 radical (unpaired) electrons. The summed E-state index contributed by atoms with van der Waals surface area (Å²) in [7, 11) is -2.12. The summed E-state index contributed by atoms with van der Waals surface area (Å²) >= 11 is 0. The minimum Gasteiger partial charge on any atom is -0.350 e. The summed E-state index contributed by atoms with van der Waals surface area (Å²) in [6.45, 7) is 0.387. The average Bonchev–Trinajstić information content (AvgIpc) is 2.94. The van der Waals surface area contributed by atoms with E-state index in [9.17, 15) is 13.2 Å². The van der Waals surface area contributed by atoms with E-state index in [4.69, 9.17) is 0 Å². The number of hydrogen-bond acceptors (Lipinski definition) is 4. The van der Waals surface area contributed by atoms with Crippen molar-refractivity contribution in [2.75, 3.05) is 7.05 Å². The summed E-state index contributed by atoms with van der Waals surface area (Å²) in [6.07, 6.45) is 2.22. The molecule has 1 atom stereocenters. The molecule has 2 N–H and O–H groups in total. The molecule has 134 valence electrons. The molecule has 8 heteroatoms. The Labute approximate surface area is 151 Å². The van der Waals surface area contributed by atoms with Crippen LogP contribution in [0.4, 0.5) is 0 Å². The van der Waals surface area contributed by atoms with Gasteiger partial charge in [0.15, 0.2) is 0 Å². The van der Waals surface area contributed by atoms with Gasteiger partial charge in [-0.25, -0.2) is 18.1 Å². The summed E-state index contributed by atoms with van der Waals surface area (Å²) in [5.74, 6) is -0.249. The number of imidazole rings is 1. The van der Waals surface area contributed by atoms with Gasteiger partial charge < -0.3 is 9.72 Å². The number of carbonyl (C=O) groups excluding carboxylic acids is 1. The third-order valence-corrected chi connectivity index (χ3v) is 6.11. The van der Waals surface area contributed by atoms with E-state index in [1.54, 1.807) is 24.3 Å². The number of rotatable bonds is 3. The highest BCUT2D eigenvalue weighted by atomic mass is 32.2. The van der Waals surface area contributed by atoms with Crippen LogP contribution < -0.4 is 10.0 Å². The quantitative estimate of drug-likeness (QED) is 0.729. The normalized spacial score (nSPS) is 17.6. The molecular weight excluding hydrogens is 352 g/mol. The van der Waals surface area contributed by atoms with Crippen molar-refractivity contribution < 1.29 is 13.2 Å². The Morgan fingerprint density at radius 2 is 1.96 bits per heavy atom. The van der Waals surface area contributed by atoms with Crippen molar-refractivity contribution in [2.24, 2.45) is 0 Å². The molecule has 2 aromatic heterocycles. The molecule has 0 fully saturated rings. The summed E-state index contributed by atoms with van der Waals surface area (Å²) in [5.41, 5.74) is 3.50. The monoisotopic (exact) mass is 370 g/mol. The fourth-order valence-corrected chi connectivity index (χ4v) is 4.10. The van der Waals surface area contributed by atoms with Crippen LogP contribution in [0.3, 0.4) is 0 Å². The summed E-state index contributed by atoms with van der Waals surface area (Å²) in [5, 5.41) is 2.89. The van der Waals surface area contributed by atoms with Crippen LogP contribution in [0.1, 0.15) is 29.3 Å². The van der Waals surface area contributed by atoms with Gasteiger partial charge in [-0.05, 0) is 36.9 Å². The number of aromatic nitrogens is 2. The van der Waals surface area contributed by atoms with Crippen molar-refractivity contribution in [3.05, 3.63) is 65.6 Å². The Morgan fingerprint density at radius 3 is 2.69 bits per heavy atom. The van der Waals surface area contributed by atoms with E-state index in [1.165, 1.54) is 7.05 Å². The molecule has 0 bridgehead atoms. The molecule has 0 saturated heterocycles. The van der Waals surface area contributed by atoms with Gasteiger partial charge in [0, 0.05) is 18.5 Å². The maximum atomic E-state index is 12.2. The Balaban J connectivity index is 1.84. The minimum atomic E-state index is -3.49. The number of sulfonamides is 1. The number of fused-ring (bicyclic) bond motifs is 3. The molecule has 3 heterocycles. The zero-order valence-corrected chi connectivity index (χ0v) is 15.0. The molecule has 0 aliphatic carbocycles. The van der Waals surface area contributed by atoms with Crippen LogP contribution >= 0.6 is 0 Å². The Bertz CT molecular complexity index is 1090. The second-order valence-corrected chi connectivity index (χ2v) is 8.07. The summed E-state index contributed by atoms with van der Waals surface area (Å²) < 4.78 is 28.2. The highest BCUT2D eigenvalue weighted by Gasteiger charge is 2.28. The molecule has 0 spiro atoms. The number of benzene rings is 1. The third kappa shape index (κ3) is 2.77. The van der Waals surface area contributed by atoms with Crippen molar-refractivity contribution in [2.45, 2.75) is 23.8 Å². The fourth-order valence-electron chi connectivity index (χ4n) is 3.37. The average molecular weight is 370 g/mol. The predicted molar refractivity (Wildman–Crippen MR) is 96.2 cm³/mol. The SMILES string of the molecule is CNS(=O)(=O)c1ccc([C@@H]2CC(=O)NCc3nc4ccccn4c32)cc1. The van der Waals surface area contributed by atoms with E-state index in [-0.39, 0.29) is 23.1 Å². The molecule has 1 aliphatic rings. The van der Waals surface area contributed by atoms with Crippen LogP contribution in [0.25, 0.3) is 5.65 Å². The molecule has 3 aromatic rings. The van der Waals surface area contributed by atoms with Gasteiger partial charge in [-0.3, -0.25) is 4.79 Å².